The Labute approximate surface area is 207 Å². The number of fused-ring (bicyclic) bond motifs is 1. The fourth-order valence-corrected chi connectivity index (χ4v) is 5.06. The molecule has 0 unspecified atom stereocenters. The summed E-state index contributed by atoms with van der Waals surface area (Å²) in [6.45, 7) is 0.809. The van der Waals surface area contributed by atoms with E-state index >= 15 is 0 Å². The van der Waals surface area contributed by atoms with Crippen molar-refractivity contribution in [1.82, 2.24) is 9.88 Å². The lowest BCUT2D eigenvalue weighted by molar-refractivity contribution is -0.130. The number of carbonyl (C=O) groups excluding carboxylic acids is 3. The molecule has 1 aliphatic heterocycles. The topological polar surface area (TPSA) is 131 Å². The molecule has 9 nitrogen and oxygen atoms in total. The van der Waals surface area contributed by atoms with Crippen LogP contribution in [0.25, 0.3) is 11.0 Å². The number of anilines is 3. The van der Waals surface area contributed by atoms with E-state index < -0.39 is 5.91 Å². The highest BCUT2D eigenvalue weighted by Crippen LogP contribution is 2.35. The second kappa shape index (κ2) is 9.58. The Morgan fingerprint density at radius 3 is 2.60 bits per heavy atom. The fraction of sp³-hybridized carbons (Fsp3) is 0.360. The second-order valence-electron chi connectivity index (χ2n) is 9.06. The van der Waals surface area contributed by atoms with E-state index in [0.29, 0.717) is 46.8 Å². The van der Waals surface area contributed by atoms with Gasteiger partial charge in [0.25, 0.3) is 5.91 Å². The summed E-state index contributed by atoms with van der Waals surface area (Å²) in [6.07, 6.45) is 5.88. The van der Waals surface area contributed by atoms with Gasteiger partial charge in [-0.25, -0.2) is 4.98 Å². The molecule has 5 rings (SSSR count). The van der Waals surface area contributed by atoms with Crippen LogP contribution in [0, 0.1) is 5.92 Å². The number of nitrogens with two attached hydrogens (primary N) is 1. The first-order chi connectivity index (χ1) is 16.9. The summed E-state index contributed by atoms with van der Waals surface area (Å²) in [6, 6.07) is 8.39. The molecule has 3 heterocycles. The van der Waals surface area contributed by atoms with Gasteiger partial charge in [0.15, 0.2) is 0 Å². The van der Waals surface area contributed by atoms with Crippen molar-refractivity contribution in [2.45, 2.75) is 44.6 Å². The maximum absolute atomic E-state index is 13.2. The van der Waals surface area contributed by atoms with Gasteiger partial charge in [0.05, 0.1) is 5.02 Å². The summed E-state index contributed by atoms with van der Waals surface area (Å²) in [5, 5.41) is 6.59. The van der Waals surface area contributed by atoms with Gasteiger partial charge in [-0.2, -0.15) is 0 Å². The SMILES string of the molecule is Nc1ccc2oc(C(=O)Nc3ccc(Cl)cn3)c(NC(=O)C3CCC(N4CCCC4=O)CC3)c2c1. The Morgan fingerprint density at radius 1 is 1.11 bits per heavy atom. The van der Waals surface area contributed by atoms with Gasteiger partial charge in [-0.05, 0) is 62.4 Å². The predicted octanol–water partition coefficient (Wildman–Crippen LogP) is 4.44. The minimum Gasteiger partial charge on any atom is -0.449 e. The van der Waals surface area contributed by atoms with Gasteiger partial charge in [-0.1, -0.05) is 11.6 Å². The molecular weight excluding hydrogens is 470 g/mol. The first-order valence-electron chi connectivity index (χ1n) is 11.7. The molecule has 3 aromatic rings. The lowest BCUT2D eigenvalue weighted by atomic mass is 9.84. The van der Waals surface area contributed by atoms with Crippen molar-refractivity contribution < 1.29 is 18.8 Å². The summed E-state index contributed by atoms with van der Waals surface area (Å²) in [5.74, 6) is -0.477. The predicted molar refractivity (Wildman–Crippen MR) is 133 cm³/mol. The summed E-state index contributed by atoms with van der Waals surface area (Å²) in [4.78, 5) is 44.4. The highest BCUT2D eigenvalue weighted by Gasteiger charge is 2.34. The Bertz CT molecular complexity index is 1280. The summed E-state index contributed by atoms with van der Waals surface area (Å²) in [7, 11) is 0. The number of likely N-dealkylation sites (tertiary alicyclic amines) is 1. The van der Waals surface area contributed by atoms with Crippen LogP contribution in [0.3, 0.4) is 0 Å². The van der Waals surface area contributed by atoms with E-state index in [9.17, 15) is 14.4 Å². The van der Waals surface area contributed by atoms with Crippen molar-refractivity contribution in [3.05, 3.63) is 47.3 Å². The fourth-order valence-electron chi connectivity index (χ4n) is 4.95. The largest absolute Gasteiger partial charge is 0.449 e. The number of amides is 3. The zero-order valence-electron chi connectivity index (χ0n) is 19.1. The molecule has 0 atom stereocenters. The highest BCUT2D eigenvalue weighted by atomic mass is 35.5. The van der Waals surface area contributed by atoms with E-state index in [1.165, 1.54) is 6.20 Å². The van der Waals surface area contributed by atoms with Gasteiger partial charge in [-0.15, -0.1) is 0 Å². The Hall–Kier alpha value is -3.59. The molecule has 2 aliphatic rings. The first-order valence-corrected chi connectivity index (χ1v) is 12.1. The van der Waals surface area contributed by atoms with Crippen LogP contribution >= 0.6 is 11.6 Å². The highest BCUT2D eigenvalue weighted by molar-refractivity contribution is 6.30. The number of rotatable bonds is 5. The lowest BCUT2D eigenvalue weighted by Gasteiger charge is -2.34. The molecule has 1 aromatic carbocycles. The van der Waals surface area contributed by atoms with E-state index in [-0.39, 0.29) is 35.2 Å². The molecule has 0 spiro atoms. The number of benzene rings is 1. The average molecular weight is 496 g/mol. The van der Waals surface area contributed by atoms with Gasteiger partial charge in [-0.3, -0.25) is 14.4 Å². The van der Waals surface area contributed by atoms with Crippen molar-refractivity contribution in [1.29, 1.82) is 0 Å². The van der Waals surface area contributed by atoms with Gasteiger partial charge in [0.1, 0.15) is 17.1 Å². The number of hydrogen-bond acceptors (Lipinski definition) is 6. The minimum atomic E-state index is -0.554. The van der Waals surface area contributed by atoms with Crippen LogP contribution in [0.15, 0.2) is 40.9 Å². The number of nitrogen functional groups attached to an aromatic ring is 1. The Balaban J connectivity index is 1.34. The van der Waals surface area contributed by atoms with Crippen molar-refractivity contribution >= 4 is 57.5 Å². The molecule has 2 fully saturated rings. The number of nitrogens with one attached hydrogen (secondary N) is 2. The number of carbonyl (C=O) groups is 3. The molecule has 1 aliphatic carbocycles. The van der Waals surface area contributed by atoms with Gasteiger partial charge >= 0.3 is 0 Å². The van der Waals surface area contributed by atoms with Crippen molar-refractivity contribution in [2.75, 3.05) is 22.9 Å². The summed E-state index contributed by atoms with van der Waals surface area (Å²) in [5.41, 5.74) is 7.16. The minimum absolute atomic E-state index is 0.0351. The van der Waals surface area contributed by atoms with Crippen LogP contribution in [0.1, 0.15) is 49.1 Å². The van der Waals surface area contributed by atoms with Crippen molar-refractivity contribution in [2.24, 2.45) is 5.92 Å². The van der Waals surface area contributed by atoms with Crippen LogP contribution in [-0.2, 0) is 9.59 Å². The van der Waals surface area contributed by atoms with Crippen LogP contribution in [-0.4, -0.2) is 40.2 Å². The number of nitrogens with zero attached hydrogens (tertiary/aromatic N) is 2. The molecule has 2 aromatic heterocycles. The standard InChI is InChI=1S/C25H26ClN5O4/c26-15-5-10-20(28-13-15)29-25(34)23-22(18-12-16(27)6-9-19(18)35-23)30-24(33)14-3-7-17(8-4-14)31-11-1-2-21(31)32/h5-6,9-10,12-14,17H,1-4,7-8,11,27H2,(H,30,33)(H,28,29,34). The Morgan fingerprint density at radius 2 is 1.91 bits per heavy atom. The molecule has 1 saturated carbocycles. The smallest absolute Gasteiger partial charge is 0.294 e. The number of hydrogen-bond donors (Lipinski definition) is 3. The van der Waals surface area contributed by atoms with Gasteiger partial charge < -0.3 is 25.7 Å². The van der Waals surface area contributed by atoms with Gasteiger partial charge in [0.2, 0.25) is 17.6 Å². The van der Waals surface area contributed by atoms with Crippen molar-refractivity contribution in [3.63, 3.8) is 0 Å². The van der Waals surface area contributed by atoms with E-state index in [2.05, 4.69) is 15.6 Å². The zero-order chi connectivity index (χ0) is 24.5. The normalized spacial score (nSPS) is 20.3. The quantitative estimate of drug-likeness (QED) is 0.448. The maximum atomic E-state index is 13.2. The molecule has 35 heavy (non-hydrogen) atoms. The molecule has 0 bridgehead atoms. The van der Waals surface area contributed by atoms with Crippen LogP contribution in [0.5, 0.6) is 0 Å². The third kappa shape index (κ3) is 4.81. The monoisotopic (exact) mass is 495 g/mol. The molecule has 4 N–H and O–H groups in total. The second-order valence-corrected chi connectivity index (χ2v) is 9.50. The van der Waals surface area contributed by atoms with E-state index in [1.54, 1.807) is 30.3 Å². The molecular formula is C25H26ClN5O4. The summed E-state index contributed by atoms with van der Waals surface area (Å²) >= 11 is 5.87. The van der Waals surface area contributed by atoms with Crippen molar-refractivity contribution in [3.8, 4) is 0 Å². The molecule has 3 amide bonds. The van der Waals surface area contributed by atoms with Crippen LogP contribution in [0.4, 0.5) is 17.2 Å². The third-order valence-electron chi connectivity index (χ3n) is 6.75. The maximum Gasteiger partial charge on any atom is 0.294 e. The molecule has 182 valence electrons. The van der Waals surface area contributed by atoms with E-state index in [1.807, 2.05) is 4.90 Å². The first kappa shape index (κ1) is 23.2. The number of pyridine rings is 1. The Kier molecular flexibility index (Phi) is 6.34. The van der Waals surface area contributed by atoms with Crippen LogP contribution in [0.2, 0.25) is 5.02 Å². The van der Waals surface area contributed by atoms with Crippen LogP contribution < -0.4 is 16.4 Å². The third-order valence-corrected chi connectivity index (χ3v) is 6.98. The van der Waals surface area contributed by atoms with E-state index in [4.69, 9.17) is 21.8 Å². The number of halogens is 1. The number of furan rings is 1. The molecule has 1 saturated heterocycles. The van der Waals surface area contributed by atoms with Gasteiger partial charge in [0, 0.05) is 42.2 Å². The summed E-state index contributed by atoms with van der Waals surface area (Å²) < 4.78 is 5.82. The number of aromatic nitrogens is 1. The lowest BCUT2D eigenvalue weighted by Crippen LogP contribution is -2.40. The van der Waals surface area contributed by atoms with E-state index in [0.717, 1.165) is 25.8 Å². The molecule has 0 radical (unpaired) electrons. The zero-order valence-corrected chi connectivity index (χ0v) is 19.8. The molecule has 10 heteroatoms. The average Bonchev–Trinajstić information content (AvgIpc) is 3.44.